The van der Waals surface area contributed by atoms with Crippen molar-refractivity contribution in [2.75, 3.05) is 18.4 Å². The summed E-state index contributed by atoms with van der Waals surface area (Å²) in [6, 6.07) is 3.09. The van der Waals surface area contributed by atoms with Crippen molar-refractivity contribution < 1.29 is 36.6 Å². The van der Waals surface area contributed by atoms with Gasteiger partial charge in [0.05, 0.1) is 17.7 Å². The Hall–Kier alpha value is -3.28. The van der Waals surface area contributed by atoms with Crippen molar-refractivity contribution in [3.63, 3.8) is 0 Å². The third kappa shape index (κ3) is 5.28. The summed E-state index contributed by atoms with van der Waals surface area (Å²) >= 11 is 5.88. The van der Waals surface area contributed by atoms with Crippen LogP contribution in [0.25, 0.3) is 0 Å². The van der Waals surface area contributed by atoms with Crippen molar-refractivity contribution in [3.05, 3.63) is 64.1 Å². The Morgan fingerprint density at radius 2 is 2.03 bits per heavy atom. The normalized spacial score (nSPS) is 22.6. The molecule has 2 atom stereocenters. The highest BCUT2D eigenvalue weighted by Gasteiger charge is 2.43. The largest absolute Gasteiger partial charge is 0.478 e. The fraction of sp³-hybridized carbons (Fsp3) is 0.391. The summed E-state index contributed by atoms with van der Waals surface area (Å²) in [7, 11) is 0. The quantitative estimate of drug-likeness (QED) is 0.482. The number of likely N-dealkylation sites (tertiary alicyclic amines) is 1. The van der Waals surface area contributed by atoms with Gasteiger partial charge in [0.1, 0.15) is 12.0 Å². The first-order valence-corrected chi connectivity index (χ1v) is 11.4. The number of benzene rings is 1. The number of carbonyl (C=O) groups is 2. The number of hydrogen-bond donors (Lipinski definition) is 3. The number of rotatable bonds is 5. The number of allylic oxidation sites excluding steroid dienone is 2. The standard InChI is InChI=1S/C23H22ClF5N4O3/c1-12(30-17-4-3-14(24)8-16(17)21(35)36)15-7-13(23(27,28)29)10-33-19(34)9-18(31-20(15)33)32-6-2-5-22(25,26)11-32/h3-4,7-10,12,20,30-31H,2,5-6,11H2,1H3,(H,35,36)/t12-,20?/m1/s1. The van der Waals surface area contributed by atoms with Crippen molar-refractivity contribution in [1.29, 1.82) is 0 Å². The van der Waals surface area contributed by atoms with E-state index in [0.717, 1.165) is 17.1 Å². The number of carbonyl (C=O) groups excluding carboxylic acids is 1. The third-order valence-electron chi connectivity index (χ3n) is 6.14. The first-order valence-electron chi connectivity index (χ1n) is 11.0. The maximum atomic E-state index is 14.0. The number of carboxylic acids is 1. The summed E-state index contributed by atoms with van der Waals surface area (Å²) in [5, 5.41) is 15.5. The number of aromatic carboxylic acids is 1. The maximum Gasteiger partial charge on any atom is 0.417 e. The van der Waals surface area contributed by atoms with Gasteiger partial charge < -0.3 is 20.6 Å². The van der Waals surface area contributed by atoms with Crippen LogP contribution in [0.4, 0.5) is 27.6 Å². The molecule has 0 bridgehead atoms. The van der Waals surface area contributed by atoms with E-state index in [-0.39, 0.29) is 47.1 Å². The fourth-order valence-corrected chi connectivity index (χ4v) is 4.58. The fourth-order valence-electron chi connectivity index (χ4n) is 4.40. The third-order valence-corrected chi connectivity index (χ3v) is 6.37. The minimum Gasteiger partial charge on any atom is -0.478 e. The van der Waals surface area contributed by atoms with Crippen LogP contribution in [-0.2, 0) is 4.79 Å². The number of piperidine rings is 1. The lowest BCUT2D eigenvalue weighted by atomic mass is 9.95. The molecule has 0 aliphatic carbocycles. The molecule has 3 aliphatic rings. The molecule has 1 saturated heterocycles. The van der Waals surface area contributed by atoms with Crippen molar-refractivity contribution in [2.45, 2.75) is 44.1 Å². The summed E-state index contributed by atoms with van der Waals surface area (Å²) in [6.45, 7) is 1.12. The number of nitrogens with one attached hydrogen (secondary N) is 2. The summed E-state index contributed by atoms with van der Waals surface area (Å²) < 4.78 is 69.0. The molecular formula is C23H22ClF5N4O3. The van der Waals surface area contributed by atoms with Crippen LogP contribution in [0, 0.1) is 0 Å². The molecule has 0 spiro atoms. The number of fused-ring (bicyclic) bond motifs is 1. The summed E-state index contributed by atoms with van der Waals surface area (Å²) in [5.74, 6) is -4.99. The number of alkyl halides is 5. The molecule has 3 heterocycles. The molecule has 36 heavy (non-hydrogen) atoms. The Bertz CT molecular complexity index is 1180. The Morgan fingerprint density at radius 1 is 1.31 bits per heavy atom. The molecule has 3 aliphatic heterocycles. The number of anilines is 1. The van der Waals surface area contributed by atoms with Gasteiger partial charge in [-0.15, -0.1) is 0 Å². The van der Waals surface area contributed by atoms with Crippen LogP contribution >= 0.6 is 11.6 Å². The average molecular weight is 533 g/mol. The molecule has 0 aromatic heterocycles. The summed E-state index contributed by atoms with van der Waals surface area (Å²) in [6.07, 6.45) is -3.48. The van der Waals surface area contributed by atoms with Crippen LogP contribution in [0.3, 0.4) is 0 Å². The van der Waals surface area contributed by atoms with Gasteiger partial charge >= 0.3 is 12.1 Å². The highest BCUT2D eigenvalue weighted by atomic mass is 35.5. The van der Waals surface area contributed by atoms with Gasteiger partial charge in [0.25, 0.3) is 11.8 Å². The second-order valence-corrected chi connectivity index (χ2v) is 9.23. The number of nitrogens with zero attached hydrogens (tertiary/aromatic N) is 2. The number of carboxylic acid groups (broad SMARTS) is 1. The number of amides is 1. The Kier molecular flexibility index (Phi) is 6.67. The van der Waals surface area contributed by atoms with Gasteiger partial charge in [-0.05, 0) is 43.2 Å². The van der Waals surface area contributed by atoms with E-state index in [1.165, 1.54) is 30.0 Å². The molecule has 1 aromatic rings. The molecule has 7 nitrogen and oxygen atoms in total. The zero-order chi connectivity index (χ0) is 26.4. The van der Waals surface area contributed by atoms with Gasteiger partial charge in [-0.25, -0.2) is 13.6 Å². The molecule has 0 saturated carbocycles. The van der Waals surface area contributed by atoms with Crippen molar-refractivity contribution in [3.8, 4) is 0 Å². The second kappa shape index (κ2) is 9.30. The van der Waals surface area contributed by atoms with Crippen LogP contribution in [-0.4, -0.2) is 64.2 Å². The highest BCUT2D eigenvalue weighted by Crippen LogP contribution is 2.36. The molecule has 3 N–H and O–H groups in total. The first kappa shape index (κ1) is 25.8. The predicted octanol–water partition coefficient (Wildman–Crippen LogP) is 4.56. The van der Waals surface area contributed by atoms with Crippen LogP contribution < -0.4 is 10.6 Å². The molecule has 1 amide bonds. The molecular weight excluding hydrogens is 511 g/mol. The molecule has 1 fully saturated rings. The van der Waals surface area contributed by atoms with Crippen LogP contribution in [0.1, 0.15) is 30.1 Å². The maximum absolute atomic E-state index is 14.0. The molecule has 1 aromatic carbocycles. The zero-order valence-corrected chi connectivity index (χ0v) is 19.6. The SMILES string of the molecule is C[C@@H](Nc1ccc(Cl)cc1C(=O)O)C1=CC(C(F)(F)F)=CN2C(=O)C=C(N3CCCC(F)(F)C3)NC12. The Morgan fingerprint density at radius 3 is 2.67 bits per heavy atom. The van der Waals surface area contributed by atoms with E-state index >= 15 is 0 Å². The smallest absolute Gasteiger partial charge is 0.417 e. The molecule has 0 radical (unpaired) electrons. The van der Waals surface area contributed by atoms with Crippen molar-refractivity contribution >= 4 is 29.2 Å². The molecule has 1 unspecified atom stereocenters. The van der Waals surface area contributed by atoms with Crippen LogP contribution in [0.15, 0.2) is 53.5 Å². The van der Waals surface area contributed by atoms with Crippen LogP contribution in [0.5, 0.6) is 0 Å². The lowest BCUT2D eigenvalue weighted by Gasteiger charge is -2.44. The topological polar surface area (TPSA) is 84.9 Å². The summed E-state index contributed by atoms with van der Waals surface area (Å²) in [4.78, 5) is 26.7. The van der Waals surface area contributed by atoms with E-state index in [2.05, 4.69) is 10.6 Å². The Balaban J connectivity index is 1.69. The van der Waals surface area contributed by atoms with Gasteiger partial charge in [-0.1, -0.05) is 11.6 Å². The minimum atomic E-state index is -4.78. The number of halogens is 6. The van der Waals surface area contributed by atoms with Crippen molar-refractivity contribution in [1.82, 2.24) is 15.1 Å². The second-order valence-electron chi connectivity index (χ2n) is 8.79. The van der Waals surface area contributed by atoms with E-state index in [1.54, 1.807) is 0 Å². The van der Waals surface area contributed by atoms with E-state index in [1.807, 2.05) is 0 Å². The van der Waals surface area contributed by atoms with E-state index in [0.29, 0.717) is 6.20 Å². The van der Waals surface area contributed by atoms with Gasteiger partial charge in [0, 0.05) is 42.0 Å². The van der Waals surface area contributed by atoms with Crippen LogP contribution in [0.2, 0.25) is 5.02 Å². The average Bonchev–Trinajstić information content (AvgIpc) is 2.78. The lowest BCUT2D eigenvalue weighted by molar-refractivity contribution is -0.127. The lowest BCUT2D eigenvalue weighted by Crippen LogP contribution is -2.57. The Labute approximate surface area is 207 Å². The van der Waals surface area contributed by atoms with E-state index < -0.39 is 48.3 Å². The van der Waals surface area contributed by atoms with Gasteiger partial charge in [-0.2, -0.15) is 13.2 Å². The predicted molar refractivity (Wildman–Crippen MR) is 121 cm³/mol. The molecule has 13 heteroatoms. The number of hydrogen-bond acceptors (Lipinski definition) is 5. The summed E-state index contributed by atoms with van der Waals surface area (Å²) in [5.41, 5.74) is -1.13. The highest BCUT2D eigenvalue weighted by molar-refractivity contribution is 6.31. The van der Waals surface area contributed by atoms with E-state index in [9.17, 15) is 36.6 Å². The zero-order valence-electron chi connectivity index (χ0n) is 18.9. The molecule has 4 rings (SSSR count). The van der Waals surface area contributed by atoms with Gasteiger partial charge in [-0.3, -0.25) is 9.69 Å². The van der Waals surface area contributed by atoms with Gasteiger partial charge in [0.2, 0.25) is 0 Å². The monoisotopic (exact) mass is 532 g/mol. The molecule has 194 valence electrons. The van der Waals surface area contributed by atoms with Gasteiger partial charge in [0.15, 0.2) is 0 Å². The van der Waals surface area contributed by atoms with E-state index in [4.69, 9.17) is 11.6 Å². The van der Waals surface area contributed by atoms with Crippen molar-refractivity contribution in [2.24, 2.45) is 0 Å². The first-order chi connectivity index (χ1) is 16.7. The minimum absolute atomic E-state index is 0.0545.